The Bertz CT molecular complexity index is 214. The first-order chi connectivity index (χ1) is 6.66. The van der Waals surface area contributed by atoms with Crippen LogP contribution in [0.1, 0.15) is 46.5 Å². The van der Waals surface area contributed by atoms with E-state index in [1.54, 1.807) is 0 Å². The Morgan fingerprint density at radius 2 is 2.07 bits per heavy atom. The highest BCUT2D eigenvalue weighted by molar-refractivity contribution is 5.03. The highest BCUT2D eigenvalue weighted by Gasteiger charge is 2.37. The molecular formula is C14H24. The standard InChI is InChI=1S/C14H24/c1-10(2)7-12-5-4-6-13-8-11(3)9-14(12)13/h4-5,10-14H,6-9H2,1-3H3. The maximum Gasteiger partial charge on any atom is -0.0200 e. The number of hydrogen-bond acceptors (Lipinski definition) is 0. The third-order valence-electron chi connectivity index (χ3n) is 4.10. The van der Waals surface area contributed by atoms with Gasteiger partial charge < -0.3 is 0 Å². The van der Waals surface area contributed by atoms with Gasteiger partial charge in [0.2, 0.25) is 0 Å². The van der Waals surface area contributed by atoms with E-state index in [0.29, 0.717) is 0 Å². The van der Waals surface area contributed by atoms with Crippen LogP contribution < -0.4 is 0 Å². The van der Waals surface area contributed by atoms with Gasteiger partial charge in [-0.25, -0.2) is 0 Å². The van der Waals surface area contributed by atoms with Crippen LogP contribution in [0.5, 0.6) is 0 Å². The summed E-state index contributed by atoms with van der Waals surface area (Å²) in [6.45, 7) is 7.15. The topological polar surface area (TPSA) is 0 Å². The van der Waals surface area contributed by atoms with Gasteiger partial charge in [-0.1, -0.05) is 32.9 Å². The zero-order valence-corrected chi connectivity index (χ0v) is 9.87. The van der Waals surface area contributed by atoms with Crippen LogP contribution in [-0.2, 0) is 0 Å². The van der Waals surface area contributed by atoms with E-state index in [9.17, 15) is 0 Å². The first-order valence-electron chi connectivity index (χ1n) is 6.33. The van der Waals surface area contributed by atoms with Crippen molar-refractivity contribution in [3.63, 3.8) is 0 Å². The van der Waals surface area contributed by atoms with E-state index in [4.69, 9.17) is 0 Å². The van der Waals surface area contributed by atoms with Crippen molar-refractivity contribution in [3.8, 4) is 0 Å². The van der Waals surface area contributed by atoms with Gasteiger partial charge >= 0.3 is 0 Å². The largest absolute Gasteiger partial charge is 0.0880 e. The fourth-order valence-electron chi connectivity index (χ4n) is 3.61. The van der Waals surface area contributed by atoms with Crippen LogP contribution in [-0.4, -0.2) is 0 Å². The number of allylic oxidation sites excluding steroid dienone is 2. The molecule has 0 aliphatic heterocycles. The lowest BCUT2D eigenvalue weighted by Gasteiger charge is -2.30. The fourth-order valence-corrected chi connectivity index (χ4v) is 3.61. The number of fused-ring (bicyclic) bond motifs is 1. The molecule has 4 atom stereocenters. The smallest absolute Gasteiger partial charge is 0.0200 e. The van der Waals surface area contributed by atoms with Gasteiger partial charge in [0.25, 0.3) is 0 Å². The second kappa shape index (κ2) is 4.08. The van der Waals surface area contributed by atoms with Gasteiger partial charge in [0.05, 0.1) is 0 Å². The second-order valence-electron chi connectivity index (χ2n) is 5.96. The van der Waals surface area contributed by atoms with Crippen LogP contribution in [0.15, 0.2) is 12.2 Å². The van der Waals surface area contributed by atoms with Crippen molar-refractivity contribution in [2.24, 2.45) is 29.6 Å². The third-order valence-corrected chi connectivity index (χ3v) is 4.10. The van der Waals surface area contributed by atoms with Crippen molar-refractivity contribution in [2.45, 2.75) is 46.5 Å². The molecule has 0 bridgehead atoms. The predicted octanol–water partition coefficient (Wildman–Crippen LogP) is 4.27. The molecule has 2 rings (SSSR count). The molecule has 0 saturated heterocycles. The molecule has 0 spiro atoms. The van der Waals surface area contributed by atoms with Crippen LogP contribution in [0.3, 0.4) is 0 Å². The molecule has 0 aromatic rings. The zero-order chi connectivity index (χ0) is 10.1. The molecule has 1 saturated carbocycles. The summed E-state index contributed by atoms with van der Waals surface area (Å²) in [6.07, 6.45) is 10.7. The average Bonchev–Trinajstić information content (AvgIpc) is 2.45. The molecular weight excluding hydrogens is 168 g/mol. The molecule has 4 unspecified atom stereocenters. The van der Waals surface area contributed by atoms with E-state index in [1.165, 1.54) is 25.7 Å². The first kappa shape index (κ1) is 10.3. The number of rotatable bonds is 2. The van der Waals surface area contributed by atoms with Gasteiger partial charge in [-0.3, -0.25) is 0 Å². The normalized spacial score (nSPS) is 41.7. The molecule has 0 N–H and O–H groups in total. The summed E-state index contributed by atoms with van der Waals surface area (Å²) in [4.78, 5) is 0. The summed E-state index contributed by atoms with van der Waals surface area (Å²) in [5, 5.41) is 0. The fraction of sp³-hybridized carbons (Fsp3) is 0.857. The summed E-state index contributed by atoms with van der Waals surface area (Å²) >= 11 is 0. The van der Waals surface area contributed by atoms with Crippen molar-refractivity contribution < 1.29 is 0 Å². The van der Waals surface area contributed by atoms with Crippen molar-refractivity contribution in [1.29, 1.82) is 0 Å². The van der Waals surface area contributed by atoms with E-state index < -0.39 is 0 Å². The summed E-state index contributed by atoms with van der Waals surface area (Å²) in [5.41, 5.74) is 0. The van der Waals surface area contributed by atoms with Crippen molar-refractivity contribution in [2.75, 3.05) is 0 Å². The molecule has 1 fully saturated rings. The monoisotopic (exact) mass is 192 g/mol. The van der Waals surface area contributed by atoms with Crippen molar-refractivity contribution >= 4 is 0 Å². The predicted molar refractivity (Wildman–Crippen MR) is 62.1 cm³/mol. The first-order valence-corrected chi connectivity index (χ1v) is 6.33. The molecule has 0 heterocycles. The van der Waals surface area contributed by atoms with Gasteiger partial charge in [0.15, 0.2) is 0 Å². The maximum absolute atomic E-state index is 2.51. The Labute approximate surface area is 88.8 Å². The van der Waals surface area contributed by atoms with Crippen LogP contribution in [0.4, 0.5) is 0 Å². The lowest BCUT2D eigenvalue weighted by molar-refractivity contribution is 0.256. The Hall–Kier alpha value is -0.260. The molecule has 0 radical (unpaired) electrons. The Kier molecular flexibility index (Phi) is 2.99. The van der Waals surface area contributed by atoms with Crippen LogP contribution in [0.25, 0.3) is 0 Å². The van der Waals surface area contributed by atoms with Crippen LogP contribution in [0, 0.1) is 29.6 Å². The molecule has 2 aliphatic rings. The van der Waals surface area contributed by atoms with Crippen LogP contribution in [0.2, 0.25) is 0 Å². The minimum atomic E-state index is 0.860. The molecule has 2 aliphatic carbocycles. The SMILES string of the molecule is CC(C)CC1C=CCC2CC(C)CC12. The van der Waals surface area contributed by atoms with Gasteiger partial charge in [0.1, 0.15) is 0 Å². The summed E-state index contributed by atoms with van der Waals surface area (Å²) in [5.74, 6) is 4.80. The third kappa shape index (κ3) is 2.04. The van der Waals surface area contributed by atoms with Gasteiger partial charge in [-0.05, 0) is 55.3 Å². The Balaban J connectivity index is 2.02. The summed E-state index contributed by atoms with van der Waals surface area (Å²) in [7, 11) is 0. The Morgan fingerprint density at radius 1 is 1.29 bits per heavy atom. The van der Waals surface area contributed by atoms with Gasteiger partial charge in [0, 0.05) is 0 Å². The molecule has 0 nitrogen and oxygen atoms in total. The van der Waals surface area contributed by atoms with Gasteiger partial charge in [-0.15, -0.1) is 0 Å². The average molecular weight is 192 g/mol. The molecule has 0 aromatic carbocycles. The lowest BCUT2D eigenvalue weighted by atomic mass is 9.75. The van der Waals surface area contributed by atoms with E-state index in [1.807, 2.05) is 0 Å². The second-order valence-corrected chi connectivity index (χ2v) is 5.96. The van der Waals surface area contributed by atoms with Crippen molar-refractivity contribution in [1.82, 2.24) is 0 Å². The highest BCUT2D eigenvalue weighted by atomic mass is 14.4. The van der Waals surface area contributed by atoms with Crippen LogP contribution >= 0.6 is 0 Å². The quantitative estimate of drug-likeness (QED) is 0.573. The Morgan fingerprint density at radius 3 is 2.79 bits per heavy atom. The minimum absolute atomic E-state index is 0.860. The summed E-state index contributed by atoms with van der Waals surface area (Å²) in [6, 6.07) is 0. The van der Waals surface area contributed by atoms with Crippen molar-refractivity contribution in [3.05, 3.63) is 12.2 Å². The molecule has 14 heavy (non-hydrogen) atoms. The van der Waals surface area contributed by atoms with E-state index in [-0.39, 0.29) is 0 Å². The van der Waals surface area contributed by atoms with E-state index in [0.717, 1.165) is 29.6 Å². The number of hydrogen-bond donors (Lipinski definition) is 0. The lowest BCUT2D eigenvalue weighted by Crippen LogP contribution is -2.21. The molecule has 0 heteroatoms. The maximum atomic E-state index is 2.51. The molecule has 80 valence electrons. The highest BCUT2D eigenvalue weighted by Crippen LogP contribution is 2.46. The minimum Gasteiger partial charge on any atom is -0.0880 e. The molecule has 0 amide bonds. The molecule has 0 aromatic heterocycles. The summed E-state index contributed by atoms with van der Waals surface area (Å²) < 4.78 is 0. The van der Waals surface area contributed by atoms with E-state index >= 15 is 0 Å². The van der Waals surface area contributed by atoms with Gasteiger partial charge in [-0.2, -0.15) is 0 Å². The van der Waals surface area contributed by atoms with E-state index in [2.05, 4.69) is 32.9 Å². The zero-order valence-electron chi connectivity index (χ0n) is 9.87.